The van der Waals surface area contributed by atoms with Crippen molar-refractivity contribution in [2.75, 3.05) is 13.1 Å². The van der Waals surface area contributed by atoms with Crippen molar-refractivity contribution in [3.05, 3.63) is 28.7 Å². The Morgan fingerprint density at radius 3 is 2.94 bits per heavy atom. The van der Waals surface area contributed by atoms with Crippen LogP contribution in [0.2, 0.25) is 0 Å². The Morgan fingerprint density at radius 2 is 2.47 bits per heavy atom. The number of carbonyl (C=O) groups excluding carboxylic acids is 1. The van der Waals surface area contributed by atoms with Crippen LogP contribution in [-0.4, -0.2) is 28.9 Å². The first-order chi connectivity index (χ1) is 8.10. The van der Waals surface area contributed by atoms with Gasteiger partial charge in [0.05, 0.1) is 6.04 Å². The Labute approximate surface area is 106 Å². The summed E-state index contributed by atoms with van der Waals surface area (Å²) in [5.74, 6) is -0.0464. The topological polar surface area (TPSA) is 59.2 Å². The molecule has 0 aliphatic rings. The standard InChI is InChI=1S/C12H19N3OS/c1-4-6-15(7-5-2)12(16)10-8-17-11(14-10)9(3)13/h4,8-9H,1,5-7,13H2,2-3H3. The molecule has 94 valence electrons. The molecule has 17 heavy (non-hydrogen) atoms. The first-order valence-electron chi connectivity index (χ1n) is 5.71. The zero-order chi connectivity index (χ0) is 12.8. The van der Waals surface area contributed by atoms with Crippen molar-refractivity contribution < 1.29 is 4.79 Å². The minimum absolute atomic E-state index is 0.0464. The fraction of sp³-hybridized carbons (Fsp3) is 0.500. The minimum atomic E-state index is -0.124. The van der Waals surface area contributed by atoms with Crippen LogP contribution in [0.25, 0.3) is 0 Å². The number of hydrogen-bond acceptors (Lipinski definition) is 4. The Hall–Kier alpha value is -1.20. The zero-order valence-electron chi connectivity index (χ0n) is 10.3. The molecule has 0 aromatic carbocycles. The third-order valence-electron chi connectivity index (χ3n) is 2.26. The highest BCUT2D eigenvalue weighted by molar-refractivity contribution is 7.09. The monoisotopic (exact) mass is 253 g/mol. The molecule has 1 aromatic heterocycles. The lowest BCUT2D eigenvalue weighted by Gasteiger charge is -2.18. The third kappa shape index (κ3) is 3.64. The fourth-order valence-corrected chi connectivity index (χ4v) is 2.21. The summed E-state index contributed by atoms with van der Waals surface area (Å²) in [6.07, 6.45) is 2.65. The number of aromatic nitrogens is 1. The summed E-state index contributed by atoms with van der Waals surface area (Å²) in [6.45, 7) is 8.83. The normalized spacial score (nSPS) is 12.2. The van der Waals surface area contributed by atoms with Crippen molar-refractivity contribution in [3.8, 4) is 0 Å². The van der Waals surface area contributed by atoms with Gasteiger partial charge in [0.25, 0.3) is 5.91 Å². The molecule has 1 atom stereocenters. The first-order valence-corrected chi connectivity index (χ1v) is 6.59. The highest BCUT2D eigenvalue weighted by atomic mass is 32.1. The molecule has 5 heteroatoms. The number of hydrogen-bond donors (Lipinski definition) is 1. The van der Waals surface area contributed by atoms with Crippen LogP contribution in [0.5, 0.6) is 0 Å². The predicted octanol–water partition coefficient (Wildman–Crippen LogP) is 2.20. The molecular formula is C12H19N3OS. The molecule has 2 N–H and O–H groups in total. The van der Waals surface area contributed by atoms with Crippen molar-refractivity contribution in [1.82, 2.24) is 9.88 Å². The number of nitrogens with zero attached hydrogens (tertiary/aromatic N) is 2. The van der Waals surface area contributed by atoms with E-state index in [1.54, 1.807) is 16.4 Å². The van der Waals surface area contributed by atoms with Gasteiger partial charge in [0, 0.05) is 18.5 Å². The number of nitrogens with two attached hydrogens (primary N) is 1. The molecule has 1 amide bonds. The largest absolute Gasteiger partial charge is 0.334 e. The van der Waals surface area contributed by atoms with E-state index >= 15 is 0 Å². The molecule has 0 spiro atoms. The molecule has 1 unspecified atom stereocenters. The second kappa shape index (κ2) is 6.51. The van der Waals surface area contributed by atoms with E-state index in [2.05, 4.69) is 11.6 Å². The molecule has 0 fully saturated rings. The van der Waals surface area contributed by atoms with Crippen LogP contribution in [0.3, 0.4) is 0 Å². The van der Waals surface area contributed by atoms with E-state index in [1.807, 2.05) is 13.8 Å². The Bertz CT molecular complexity index is 387. The maximum Gasteiger partial charge on any atom is 0.273 e. The second-order valence-electron chi connectivity index (χ2n) is 3.90. The van der Waals surface area contributed by atoms with Gasteiger partial charge in [0.1, 0.15) is 10.7 Å². The molecule has 4 nitrogen and oxygen atoms in total. The van der Waals surface area contributed by atoms with Gasteiger partial charge in [-0.05, 0) is 13.3 Å². The highest BCUT2D eigenvalue weighted by Gasteiger charge is 2.17. The van der Waals surface area contributed by atoms with Crippen LogP contribution in [0.1, 0.15) is 41.8 Å². The average Bonchev–Trinajstić information content (AvgIpc) is 2.77. The van der Waals surface area contributed by atoms with Crippen molar-refractivity contribution in [2.24, 2.45) is 5.73 Å². The van der Waals surface area contributed by atoms with Gasteiger partial charge in [0.15, 0.2) is 0 Å². The van der Waals surface area contributed by atoms with E-state index in [0.29, 0.717) is 12.2 Å². The van der Waals surface area contributed by atoms with Crippen LogP contribution < -0.4 is 5.73 Å². The van der Waals surface area contributed by atoms with Crippen LogP contribution in [0, 0.1) is 0 Å². The van der Waals surface area contributed by atoms with Crippen LogP contribution in [-0.2, 0) is 0 Å². The van der Waals surface area contributed by atoms with E-state index < -0.39 is 0 Å². The maximum atomic E-state index is 12.1. The fourth-order valence-electron chi connectivity index (χ4n) is 1.46. The molecule has 0 aliphatic heterocycles. The summed E-state index contributed by atoms with van der Waals surface area (Å²) in [4.78, 5) is 18.1. The number of thiazole rings is 1. The lowest BCUT2D eigenvalue weighted by molar-refractivity contribution is 0.0768. The van der Waals surface area contributed by atoms with Crippen molar-refractivity contribution in [3.63, 3.8) is 0 Å². The smallest absolute Gasteiger partial charge is 0.273 e. The molecule has 0 aliphatic carbocycles. The molecule has 1 heterocycles. The van der Waals surface area contributed by atoms with Crippen LogP contribution in [0.15, 0.2) is 18.0 Å². The summed E-state index contributed by atoms with van der Waals surface area (Å²) in [5, 5.41) is 2.57. The van der Waals surface area contributed by atoms with Crippen molar-refractivity contribution in [2.45, 2.75) is 26.3 Å². The number of carbonyl (C=O) groups is 1. The molecule has 0 saturated carbocycles. The van der Waals surface area contributed by atoms with Gasteiger partial charge >= 0.3 is 0 Å². The van der Waals surface area contributed by atoms with Gasteiger partial charge < -0.3 is 10.6 Å². The molecule has 0 saturated heterocycles. The van der Waals surface area contributed by atoms with E-state index in [0.717, 1.165) is 18.0 Å². The van der Waals surface area contributed by atoms with Crippen molar-refractivity contribution >= 4 is 17.2 Å². The van der Waals surface area contributed by atoms with Gasteiger partial charge in [-0.2, -0.15) is 0 Å². The van der Waals surface area contributed by atoms with Gasteiger partial charge in [-0.25, -0.2) is 4.98 Å². The van der Waals surface area contributed by atoms with Gasteiger partial charge in [0.2, 0.25) is 0 Å². The van der Waals surface area contributed by atoms with Crippen molar-refractivity contribution in [1.29, 1.82) is 0 Å². The molecule has 1 aromatic rings. The minimum Gasteiger partial charge on any atom is -0.334 e. The highest BCUT2D eigenvalue weighted by Crippen LogP contribution is 2.17. The lowest BCUT2D eigenvalue weighted by Crippen LogP contribution is -2.32. The lowest BCUT2D eigenvalue weighted by atomic mass is 10.3. The third-order valence-corrected chi connectivity index (χ3v) is 3.31. The summed E-state index contributed by atoms with van der Waals surface area (Å²) in [6, 6.07) is -0.124. The van der Waals surface area contributed by atoms with Gasteiger partial charge in [-0.1, -0.05) is 13.0 Å². The summed E-state index contributed by atoms with van der Waals surface area (Å²) >= 11 is 1.43. The summed E-state index contributed by atoms with van der Waals surface area (Å²) in [7, 11) is 0. The molecular weight excluding hydrogens is 234 g/mol. The molecule has 0 radical (unpaired) electrons. The SMILES string of the molecule is C=CCN(CCC)C(=O)c1csc(C(C)N)n1. The van der Waals surface area contributed by atoms with Gasteiger partial charge in [-0.15, -0.1) is 17.9 Å². The van der Waals surface area contributed by atoms with E-state index in [4.69, 9.17) is 5.73 Å². The average molecular weight is 253 g/mol. The quantitative estimate of drug-likeness (QED) is 0.791. The Morgan fingerprint density at radius 1 is 1.76 bits per heavy atom. The second-order valence-corrected chi connectivity index (χ2v) is 4.79. The Kier molecular flexibility index (Phi) is 5.31. The molecule has 1 rings (SSSR count). The first kappa shape index (κ1) is 13.9. The maximum absolute atomic E-state index is 12.1. The van der Waals surface area contributed by atoms with E-state index in [-0.39, 0.29) is 11.9 Å². The number of amides is 1. The number of rotatable bonds is 6. The zero-order valence-corrected chi connectivity index (χ0v) is 11.2. The summed E-state index contributed by atoms with van der Waals surface area (Å²) < 4.78 is 0. The van der Waals surface area contributed by atoms with Crippen LogP contribution >= 0.6 is 11.3 Å². The predicted molar refractivity (Wildman–Crippen MR) is 71.1 cm³/mol. The summed E-state index contributed by atoms with van der Waals surface area (Å²) in [5.41, 5.74) is 6.21. The van der Waals surface area contributed by atoms with Crippen LogP contribution in [0.4, 0.5) is 0 Å². The van der Waals surface area contributed by atoms with E-state index in [1.165, 1.54) is 11.3 Å². The van der Waals surface area contributed by atoms with Gasteiger partial charge in [-0.3, -0.25) is 4.79 Å². The molecule has 0 bridgehead atoms. The van der Waals surface area contributed by atoms with E-state index in [9.17, 15) is 4.79 Å². The Balaban J connectivity index is 2.81.